The van der Waals surface area contributed by atoms with Crippen molar-refractivity contribution in [2.45, 2.75) is 39.1 Å². The molecule has 1 heterocycles. The smallest absolute Gasteiger partial charge is 0.372 e. The predicted molar refractivity (Wildman–Crippen MR) is 63.2 cm³/mol. The minimum atomic E-state index is -1.06. The summed E-state index contributed by atoms with van der Waals surface area (Å²) in [7, 11) is 0. The number of hydrogen-bond acceptors (Lipinski definition) is 4. The number of phenolic OH excluding ortho intramolecular Hbond substituents is 1. The maximum Gasteiger partial charge on any atom is 0.372 e. The van der Waals surface area contributed by atoms with E-state index in [0.29, 0.717) is 24.5 Å². The third kappa shape index (κ3) is 2.31. The van der Waals surface area contributed by atoms with Gasteiger partial charge in [-0.3, -0.25) is 0 Å². The molecule has 0 aromatic heterocycles. The van der Waals surface area contributed by atoms with E-state index in [1.54, 1.807) is 18.2 Å². The quantitative estimate of drug-likeness (QED) is 0.856. The lowest BCUT2D eigenvalue weighted by molar-refractivity contribution is -0.285. The summed E-state index contributed by atoms with van der Waals surface area (Å²) in [4.78, 5) is 0. The molecule has 0 spiro atoms. The van der Waals surface area contributed by atoms with E-state index in [9.17, 15) is 5.11 Å². The topological polar surface area (TPSA) is 47.9 Å². The Hall–Kier alpha value is -1.42. The van der Waals surface area contributed by atoms with E-state index in [4.69, 9.17) is 14.2 Å². The van der Waals surface area contributed by atoms with E-state index in [2.05, 4.69) is 0 Å². The molecule has 4 nitrogen and oxygen atoms in total. The van der Waals surface area contributed by atoms with Gasteiger partial charge in [-0.25, -0.2) is 0 Å². The number of fused-ring (bicyclic) bond motifs is 1. The molecule has 1 aromatic carbocycles. The Morgan fingerprint density at radius 3 is 2.71 bits per heavy atom. The van der Waals surface area contributed by atoms with Crippen LogP contribution in [0.5, 0.6) is 17.2 Å². The molecule has 17 heavy (non-hydrogen) atoms. The number of hydrogen-bond donors (Lipinski definition) is 1. The van der Waals surface area contributed by atoms with Crippen LogP contribution in [0.25, 0.3) is 0 Å². The van der Waals surface area contributed by atoms with Gasteiger partial charge in [-0.1, -0.05) is 19.9 Å². The highest BCUT2D eigenvalue weighted by molar-refractivity contribution is 5.52. The molecule has 1 unspecified atom stereocenters. The Morgan fingerprint density at radius 1 is 1.24 bits per heavy atom. The Kier molecular flexibility index (Phi) is 3.43. The molecule has 1 atom stereocenters. The first kappa shape index (κ1) is 12.0. The van der Waals surface area contributed by atoms with Crippen molar-refractivity contribution in [2.24, 2.45) is 0 Å². The second kappa shape index (κ2) is 4.84. The lowest BCUT2D eigenvalue weighted by Crippen LogP contribution is -2.41. The van der Waals surface area contributed by atoms with Gasteiger partial charge < -0.3 is 19.3 Å². The molecule has 1 aliphatic rings. The average molecular weight is 238 g/mol. The molecule has 1 N–H and O–H groups in total. The van der Waals surface area contributed by atoms with Crippen molar-refractivity contribution in [1.29, 1.82) is 0 Å². The summed E-state index contributed by atoms with van der Waals surface area (Å²) in [6.45, 7) is 4.63. The van der Waals surface area contributed by atoms with Gasteiger partial charge in [0, 0.05) is 0 Å². The van der Waals surface area contributed by atoms with Crippen LogP contribution in [0, 0.1) is 0 Å². The number of para-hydroxylation sites is 1. The van der Waals surface area contributed by atoms with Gasteiger partial charge in [0.15, 0.2) is 11.5 Å². The van der Waals surface area contributed by atoms with Gasteiger partial charge in [-0.05, 0) is 25.0 Å². The molecular formula is C13H18O4. The van der Waals surface area contributed by atoms with Crippen molar-refractivity contribution in [2.75, 3.05) is 6.61 Å². The third-order valence-electron chi connectivity index (χ3n) is 2.56. The lowest BCUT2D eigenvalue weighted by atomic mass is 10.3. The molecule has 1 aromatic rings. The summed E-state index contributed by atoms with van der Waals surface area (Å²) in [6, 6.07) is 5.06. The lowest BCUT2D eigenvalue weighted by Gasteiger charge is -2.26. The monoisotopic (exact) mass is 238 g/mol. The Labute approximate surface area is 101 Å². The molecule has 0 amide bonds. The van der Waals surface area contributed by atoms with E-state index < -0.39 is 5.97 Å². The van der Waals surface area contributed by atoms with Gasteiger partial charge in [0.2, 0.25) is 5.75 Å². The van der Waals surface area contributed by atoms with Gasteiger partial charge in [0.05, 0.1) is 13.0 Å². The highest BCUT2D eigenvalue weighted by Crippen LogP contribution is 2.46. The SMILES string of the molecule is CCCOC1(CCC)Oc2cccc(O)c2O1. The fraction of sp³-hybridized carbons (Fsp3) is 0.538. The molecule has 0 radical (unpaired) electrons. The normalized spacial score (nSPS) is 21.8. The van der Waals surface area contributed by atoms with Crippen LogP contribution in [0.4, 0.5) is 0 Å². The maximum atomic E-state index is 9.70. The number of ether oxygens (including phenoxy) is 3. The standard InChI is InChI=1S/C13H18O4/c1-3-8-13(15-9-4-2)16-11-7-5-6-10(14)12(11)17-13/h5-7,14H,3-4,8-9H2,1-2H3. The van der Waals surface area contributed by atoms with Crippen LogP contribution in [-0.4, -0.2) is 17.7 Å². The van der Waals surface area contributed by atoms with E-state index in [1.807, 2.05) is 13.8 Å². The van der Waals surface area contributed by atoms with Crippen molar-refractivity contribution >= 4 is 0 Å². The zero-order valence-electron chi connectivity index (χ0n) is 10.2. The number of aromatic hydroxyl groups is 1. The minimum Gasteiger partial charge on any atom is -0.504 e. The van der Waals surface area contributed by atoms with Crippen molar-refractivity contribution in [3.63, 3.8) is 0 Å². The highest BCUT2D eigenvalue weighted by Gasteiger charge is 2.43. The van der Waals surface area contributed by atoms with E-state index in [0.717, 1.165) is 12.8 Å². The fourth-order valence-corrected chi connectivity index (χ4v) is 1.83. The highest BCUT2D eigenvalue weighted by atomic mass is 16.9. The maximum absolute atomic E-state index is 9.70. The van der Waals surface area contributed by atoms with Crippen LogP contribution in [0.1, 0.15) is 33.1 Å². The average Bonchev–Trinajstić information content (AvgIpc) is 2.68. The zero-order valence-corrected chi connectivity index (χ0v) is 10.2. The van der Waals surface area contributed by atoms with Crippen molar-refractivity contribution < 1.29 is 19.3 Å². The van der Waals surface area contributed by atoms with Crippen molar-refractivity contribution in [3.05, 3.63) is 18.2 Å². The molecule has 0 fully saturated rings. The number of rotatable bonds is 5. The third-order valence-corrected chi connectivity index (χ3v) is 2.56. The first-order chi connectivity index (χ1) is 8.21. The van der Waals surface area contributed by atoms with E-state index in [-0.39, 0.29) is 5.75 Å². The first-order valence-electron chi connectivity index (χ1n) is 6.04. The Morgan fingerprint density at radius 2 is 2.06 bits per heavy atom. The van der Waals surface area contributed by atoms with Gasteiger partial charge in [-0.15, -0.1) is 0 Å². The summed E-state index contributed by atoms with van der Waals surface area (Å²) in [6.07, 6.45) is 2.39. The molecule has 94 valence electrons. The predicted octanol–water partition coefficient (Wildman–Crippen LogP) is 3.04. The largest absolute Gasteiger partial charge is 0.504 e. The van der Waals surface area contributed by atoms with Crippen LogP contribution >= 0.6 is 0 Å². The molecule has 0 saturated carbocycles. The van der Waals surface area contributed by atoms with Gasteiger partial charge in [0.25, 0.3) is 0 Å². The number of phenols is 1. The summed E-state index contributed by atoms with van der Waals surface area (Å²) in [5.41, 5.74) is 0. The molecule has 4 heteroatoms. The first-order valence-corrected chi connectivity index (χ1v) is 6.04. The second-order valence-corrected chi connectivity index (χ2v) is 4.09. The molecule has 0 aliphatic carbocycles. The fourth-order valence-electron chi connectivity index (χ4n) is 1.83. The summed E-state index contributed by atoms with van der Waals surface area (Å²) in [5.74, 6) is -0.0708. The van der Waals surface area contributed by atoms with Gasteiger partial charge >= 0.3 is 5.97 Å². The minimum absolute atomic E-state index is 0.0839. The number of benzene rings is 1. The van der Waals surface area contributed by atoms with Crippen LogP contribution in [-0.2, 0) is 4.74 Å². The molecule has 0 bridgehead atoms. The summed E-state index contributed by atoms with van der Waals surface area (Å²) in [5, 5.41) is 9.70. The Balaban J connectivity index is 2.21. The van der Waals surface area contributed by atoms with Gasteiger partial charge in [0.1, 0.15) is 0 Å². The van der Waals surface area contributed by atoms with Crippen LogP contribution in [0.3, 0.4) is 0 Å². The van der Waals surface area contributed by atoms with Crippen LogP contribution < -0.4 is 9.47 Å². The van der Waals surface area contributed by atoms with Crippen LogP contribution in [0.15, 0.2) is 18.2 Å². The summed E-state index contributed by atoms with van der Waals surface area (Å²) < 4.78 is 17.0. The van der Waals surface area contributed by atoms with E-state index in [1.165, 1.54) is 0 Å². The molecule has 1 aliphatic heterocycles. The Bertz CT molecular complexity index is 391. The zero-order chi connectivity index (χ0) is 12.3. The molecular weight excluding hydrogens is 220 g/mol. The van der Waals surface area contributed by atoms with Gasteiger partial charge in [-0.2, -0.15) is 0 Å². The second-order valence-electron chi connectivity index (χ2n) is 4.09. The van der Waals surface area contributed by atoms with Crippen molar-refractivity contribution in [3.8, 4) is 17.2 Å². The molecule has 0 saturated heterocycles. The molecule has 2 rings (SSSR count). The summed E-state index contributed by atoms with van der Waals surface area (Å²) >= 11 is 0. The van der Waals surface area contributed by atoms with Crippen LogP contribution in [0.2, 0.25) is 0 Å². The van der Waals surface area contributed by atoms with E-state index >= 15 is 0 Å². The van der Waals surface area contributed by atoms with Crippen molar-refractivity contribution in [1.82, 2.24) is 0 Å².